The molecule has 1 aromatic rings. The second kappa shape index (κ2) is 16.6. The van der Waals surface area contributed by atoms with Gasteiger partial charge >= 0.3 is 24.2 Å². The molecule has 0 aliphatic rings. The summed E-state index contributed by atoms with van der Waals surface area (Å²) in [5.74, 6) is -0.998. The van der Waals surface area contributed by atoms with Crippen LogP contribution in [-0.2, 0) is 35.0 Å². The molecule has 39 heavy (non-hydrogen) atoms. The van der Waals surface area contributed by atoms with E-state index in [9.17, 15) is 19.2 Å². The SMILES string of the molecule is CCC(C)OC(=O)Oc1ccc(C[C@H](NCCOC(=O)CC(C)(C)C)C(=O)OC)cc1OC(=O)OC(C)CC. The van der Waals surface area contributed by atoms with Gasteiger partial charge in [-0.25, -0.2) is 9.59 Å². The molecule has 0 aromatic heterocycles. The Bertz CT molecular complexity index is 956. The van der Waals surface area contributed by atoms with Crippen molar-refractivity contribution in [3.63, 3.8) is 0 Å². The van der Waals surface area contributed by atoms with Gasteiger partial charge in [0.05, 0.1) is 13.5 Å². The summed E-state index contributed by atoms with van der Waals surface area (Å²) >= 11 is 0. The van der Waals surface area contributed by atoms with Gasteiger partial charge in [-0.3, -0.25) is 9.59 Å². The number of rotatable bonds is 14. The maximum Gasteiger partial charge on any atom is 0.514 e. The minimum Gasteiger partial charge on any atom is -0.468 e. The van der Waals surface area contributed by atoms with Gasteiger partial charge < -0.3 is 33.7 Å². The maximum absolute atomic E-state index is 12.4. The summed E-state index contributed by atoms with van der Waals surface area (Å²) in [5.41, 5.74) is 0.373. The minimum absolute atomic E-state index is 0.0542. The molecule has 0 saturated carbocycles. The highest BCUT2D eigenvalue weighted by atomic mass is 16.7. The zero-order chi connectivity index (χ0) is 29.6. The molecule has 0 fully saturated rings. The fourth-order valence-electron chi connectivity index (χ4n) is 3.07. The number of ether oxygens (including phenoxy) is 6. The summed E-state index contributed by atoms with van der Waals surface area (Å²) in [6, 6.07) is 3.71. The Hall–Kier alpha value is -3.34. The number of methoxy groups -OCH3 is 1. The lowest BCUT2D eigenvalue weighted by molar-refractivity contribution is -0.145. The Morgan fingerprint density at radius 2 is 1.46 bits per heavy atom. The Balaban J connectivity index is 3.01. The molecule has 220 valence electrons. The van der Waals surface area contributed by atoms with E-state index in [0.717, 1.165) is 0 Å². The molecule has 11 nitrogen and oxygen atoms in total. The van der Waals surface area contributed by atoms with Crippen molar-refractivity contribution in [2.24, 2.45) is 5.41 Å². The summed E-state index contributed by atoms with van der Waals surface area (Å²) in [6.45, 7) is 13.2. The van der Waals surface area contributed by atoms with E-state index in [2.05, 4.69) is 5.32 Å². The maximum atomic E-state index is 12.4. The molecule has 0 bridgehead atoms. The van der Waals surface area contributed by atoms with E-state index in [-0.39, 0.29) is 61.1 Å². The van der Waals surface area contributed by atoms with E-state index in [1.807, 2.05) is 34.6 Å². The van der Waals surface area contributed by atoms with E-state index >= 15 is 0 Å². The van der Waals surface area contributed by atoms with Crippen LogP contribution in [0.15, 0.2) is 18.2 Å². The normalized spacial score (nSPS) is 13.4. The molecular formula is C28H43NO10. The molecule has 11 heteroatoms. The van der Waals surface area contributed by atoms with Crippen molar-refractivity contribution in [2.45, 2.75) is 92.4 Å². The molecule has 1 N–H and O–H groups in total. The summed E-state index contributed by atoms with van der Waals surface area (Å²) < 4.78 is 31.1. The lowest BCUT2D eigenvalue weighted by Gasteiger charge is -2.19. The van der Waals surface area contributed by atoms with Gasteiger partial charge in [-0.15, -0.1) is 0 Å². The fraction of sp³-hybridized carbons (Fsp3) is 0.643. The van der Waals surface area contributed by atoms with Gasteiger partial charge in [0.2, 0.25) is 0 Å². The molecule has 0 heterocycles. The van der Waals surface area contributed by atoms with Crippen molar-refractivity contribution < 1.29 is 47.6 Å². The standard InChI is InChI=1S/C28H43NO10/c1-9-18(3)36-26(32)38-22-12-11-20(16-23(22)39-27(33)37-19(4)10-2)15-21(25(31)34-8)29-13-14-35-24(30)17-28(5,6)7/h11-12,16,18-19,21,29H,9-10,13-15,17H2,1-8H3/t18?,19?,21-/m0/s1. The third-order valence-electron chi connectivity index (χ3n) is 5.50. The molecule has 0 aliphatic heterocycles. The lowest BCUT2D eigenvalue weighted by Crippen LogP contribution is -2.41. The second-order valence-electron chi connectivity index (χ2n) is 10.4. The van der Waals surface area contributed by atoms with Crippen LogP contribution in [0.4, 0.5) is 9.59 Å². The Morgan fingerprint density at radius 3 is 1.97 bits per heavy atom. The van der Waals surface area contributed by atoms with Crippen LogP contribution < -0.4 is 14.8 Å². The van der Waals surface area contributed by atoms with Crippen molar-refractivity contribution in [3.05, 3.63) is 23.8 Å². The Labute approximate surface area is 230 Å². The van der Waals surface area contributed by atoms with Crippen LogP contribution in [-0.4, -0.2) is 62.8 Å². The molecule has 0 radical (unpaired) electrons. The average Bonchev–Trinajstić information content (AvgIpc) is 2.85. The summed E-state index contributed by atoms with van der Waals surface area (Å²) in [5, 5.41) is 3.02. The third kappa shape index (κ3) is 13.9. The largest absolute Gasteiger partial charge is 0.514 e. The van der Waals surface area contributed by atoms with Gasteiger partial charge in [-0.2, -0.15) is 0 Å². The molecule has 1 rings (SSSR count). The molecule has 0 spiro atoms. The highest BCUT2D eigenvalue weighted by Crippen LogP contribution is 2.30. The number of carbonyl (C=O) groups is 4. The minimum atomic E-state index is -0.971. The smallest absolute Gasteiger partial charge is 0.468 e. The first-order valence-electron chi connectivity index (χ1n) is 13.1. The first kappa shape index (κ1) is 33.7. The molecule has 0 amide bonds. The first-order chi connectivity index (χ1) is 18.3. The predicted octanol–water partition coefficient (Wildman–Crippen LogP) is 4.97. The molecule has 1 aromatic carbocycles. The monoisotopic (exact) mass is 553 g/mol. The van der Waals surface area contributed by atoms with Gasteiger partial charge in [0.15, 0.2) is 11.5 Å². The van der Waals surface area contributed by atoms with Crippen LogP contribution in [0.5, 0.6) is 11.5 Å². The topological polar surface area (TPSA) is 136 Å². The predicted molar refractivity (Wildman–Crippen MR) is 143 cm³/mol. The average molecular weight is 554 g/mol. The van der Waals surface area contributed by atoms with Crippen LogP contribution in [0, 0.1) is 5.41 Å². The quantitative estimate of drug-likeness (QED) is 0.145. The summed E-state index contributed by atoms with van der Waals surface area (Å²) in [4.78, 5) is 48.8. The van der Waals surface area contributed by atoms with Crippen LogP contribution in [0.3, 0.4) is 0 Å². The van der Waals surface area contributed by atoms with Crippen LogP contribution >= 0.6 is 0 Å². The van der Waals surface area contributed by atoms with Crippen molar-refractivity contribution in [1.82, 2.24) is 5.32 Å². The first-order valence-corrected chi connectivity index (χ1v) is 13.1. The lowest BCUT2D eigenvalue weighted by atomic mass is 9.93. The van der Waals surface area contributed by atoms with Gasteiger partial charge in [0.1, 0.15) is 24.9 Å². The molecular weight excluding hydrogens is 510 g/mol. The van der Waals surface area contributed by atoms with E-state index in [1.54, 1.807) is 19.9 Å². The van der Waals surface area contributed by atoms with Crippen LogP contribution in [0.2, 0.25) is 0 Å². The van der Waals surface area contributed by atoms with Gasteiger partial charge in [-0.05, 0) is 56.2 Å². The Kier molecular flexibility index (Phi) is 14.3. The molecule has 2 unspecified atom stereocenters. The number of esters is 2. The fourth-order valence-corrected chi connectivity index (χ4v) is 3.07. The number of nitrogens with one attached hydrogen (secondary N) is 1. The van der Waals surface area contributed by atoms with E-state index in [0.29, 0.717) is 18.4 Å². The van der Waals surface area contributed by atoms with Crippen LogP contribution in [0.25, 0.3) is 0 Å². The van der Waals surface area contributed by atoms with Crippen molar-refractivity contribution in [1.29, 1.82) is 0 Å². The number of hydrogen-bond donors (Lipinski definition) is 1. The molecule has 0 saturated heterocycles. The van der Waals surface area contributed by atoms with Gasteiger partial charge in [-0.1, -0.05) is 40.7 Å². The Morgan fingerprint density at radius 1 is 0.897 bits per heavy atom. The highest BCUT2D eigenvalue weighted by molar-refractivity contribution is 5.76. The van der Waals surface area contributed by atoms with Gasteiger partial charge in [0.25, 0.3) is 0 Å². The van der Waals surface area contributed by atoms with Crippen molar-refractivity contribution >= 4 is 24.2 Å². The molecule has 0 aliphatic carbocycles. The summed E-state index contributed by atoms with van der Waals surface area (Å²) in [6.07, 6.45) is -1.09. The van der Waals surface area contributed by atoms with Crippen molar-refractivity contribution in [2.75, 3.05) is 20.3 Å². The number of hydrogen-bond acceptors (Lipinski definition) is 11. The molecule has 3 atom stereocenters. The van der Waals surface area contributed by atoms with Gasteiger partial charge in [0, 0.05) is 6.54 Å². The van der Waals surface area contributed by atoms with Crippen molar-refractivity contribution in [3.8, 4) is 11.5 Å². The number of carbonyl (C=O) groups excluding carboxylic acids is 4. The summed E-state index contributed by atoms with van der Waals surface area (Å²) in [7, 11) is 1.26. The third-order valence-corrected chi connectivity index (χ3v) is 5.50. The zero-order valence-corrected chi connectivity index (χ0v) is 24.3. The second-order valence-corrected chi connectivity index (χ2v) is 10.4. The van der Waals surface area contributed by atoms with E-state index in [1.165, 1.54) is 19.2 Å². The highest BCUT2D eigenvalue weighted by Gasteiger charge is 2.23. The van der Waals surface area contributed by atoms with E-state index in [4.69, 9.17) is 28.4 Å². The van der Waals surface area contributed by atoms with E-state index < -0.39 is 24.3 Å². The number of benzene rings is 1. The van der Waals surface area contributed by atoms with Crippen LogP contribution in [0.1, 0.15) is 73.3 Å². The zero-order valence-electron chi connectivity index (χ0n) is 24.3.